The topological polar surface area (TPSA) is 115 Å². The Morgan fingerprint density at radius 2 is 1.79 bits per heavy atom. The Morgan fingerprint density at radius 1 is 1.12 bits per heavy atom. The van der Waals surface area contributed by atoms with E-state index < -0.39 is 34.0 Å². The van der Waals surface area contributed by atoms with Crippen LogP contribution in [0.5, 0.6) is 5.75 Å². The molecule has 0 saturated carbocycles. The molecule has 11 heteroatoms. The Morgan fingerprint density at radius 3 is 2.42 bits per heavy atom. The second kappa shape index (κ2) is 10.3. The number of benzene rings is 2. The maximum Gasteiger partial charge on any atom is 0.324 e. The third-order valence-electron chi connectivity index (χ3n) is 4.78. The molecule has 1 unspecified atom stereocenters. The number of ether oxygens (including phenoxy) is 2. The molecule has 0 aliphatic heterocycles. The average Bonchev–Trinajstić information content (AvgIpc) is 3.20. The molecule has 0 saturated heterocycles. The van der Waals surface area contributed by atoms with E-state index in [2.05, 4.69) is 9.71 Å². The molecule has 1 aromatic heterocycles. The number of nitrogens with one attached hydrogen (secondary N) is 1. The molecule has 0 bridgehead atoms. The SMILES string of the molecule is COc1ccc(S(=O)(=O)N[C@@H](C)C(=O)OC(C)C(=O)N(C)Cc2nc3ccccc3s2)cc1. The number of carbonyl (C=O) groups is 2. The zero-order valence-corrected chi connectivity index (χ0v) is 20.3. The highest BCUT2D eigenvalue weighted by molar-refractivity contribution is 7.89. The number of fused-ring (bicyclic) bond motifs is 1. The van der Waals surface area contributed by atoms with Gasteiger partial charge in [-0.25, -0.2) is 13.4 Å². The van der Waals surface area contributed by atoms with E-state index in [1.54, 1.807) is 7.05 Å². The number of methoxy groups -OCH3 is 1. The molecule has 0 aliphatic rings. The second-order valence-electron chi connectivity index (χ2n) is 7.37. The molecule has 2 aromatic carbocycles. The molecule has 0 spiro atoms. The first-order valence-electron chi connectivity index (χ1n) is 10.1. The van der Waals surface area contributed by atoms with E-state index in [4.69, 9.17) is 9.47 Å². The number of likely N-dealkylation sites (N-methyl/N-ethyl adjacent to an activating group) is 1. The van der Waals surface area contributed by atoms with Gasteiger partial charge >= 0.3 is 5.97 Å². The fourth-order valence-electron chi connectivity index (χ4n) is 3.01. The molecule has 1 N–H and O–H groups in total. The quantitative estimate of drug-likeness (QED) is 0.458. The number of sulfonamides is 1. The van der Waals surface area contributed by atoms with Crippen LogP contribution in [0.4, 0.5) is 0 Å². The highest BCUT2D eigenvalue weighted by atomic mass is 32.2. The Bertz CT molecular complexity index is 1210. The third kappa shape index (κ3) is 6.06. The van der Waals surface area contributed by atoms with Gasteiger partial charge < -0.3 is 14.4 Å². The van der Waals surface area contributed by atoms with Crippen molar-refractivity contribution in [1.82, 2.24) is 14.6 Å². The molecule has 176 valence electrons. The standard InChI is InChI=1S/C22H25N3O6S2/c1-14(24-33(28,29)17-11-9-16(30-4)10-12-17)22(27)31-15(2)21(26)25(3)13-20-23-18-7-5-6-8-19(18)32-20/h5-12,14-15,24H,13H2,1-4H3/t14-,15?/m0/s1. The average molecular weight is 492 g/mol. The van der Waals surface area contributed by atoms with Crippen molar-refractivity contribution in [3.05, 3.63) is 53.5 Å². The molecular formula is C22H25N3O6S2. The van der Waals surface area contributed by atoms with Gasteiger partial charge in [0.2, 0.25) is 10.0 Å². The summed E-state index contributed by atoms with van der Waals surface area (Å²) in [6.07, 6.45) is -1.09. The minimum atomic E-state index is -3.96. The molecule has 1 heterocycles. The smallest absolute Gasteiger partial charge is 0.324 e. The summed E-state index contributed by atoms with van der Waals surface area (Å²) in [6.45, 7) is 3.06. The van der Waals surface area contributed by atoms with Crippen molar-refractivity contribution >= 4 is 43.5 Å². The van der Waals surface area contributed by atoms with Gasteiger partial charge in [-0.15, -0.1) is 11.3 Å². The fourth-order valence-corrected chi connectivity index (χ4v) is 5.22. The lowest BCUT2D eigenvalue weighted by molar-refractivity contribution is -0.159. The number of esters is 1. The number of para-hydroxylation sites is 1. The number of hydrogen-bond donors (Lipinski definition) is 1. The van der Waals surface area contributed by atoms with E-state index in [0.29, 0.717) is 5.75 Å². The van der Waals surface area contributed by atoms with Crippen molar-refractivity contribution in [2.45, 2.75) is 37.4 Å². The van der Waals surface area contributed by atoms with Gasteiger partial charge in [0.05, 0.1) is 28.8 Å². The molecule has 9 nitrogen and oxygen atoms in total. The minimum Gasteiger partial charge on any atom is -0.497 e. The van der Waals surface area contributed by atoms with Gasteiger partial charge in [0.1, 0.15) is 16.8 Å². The molecule has 3 aromatic rings. The molecule has 0 radical (unpaired) electrons. The molecule has 2 atom stereocenters. The second-order valence-corrected chi connectivity index (χ2v) is 10.2. The number of carbonyl (C=O) groups excluding carboxylic acids is 2. The number of rotatable bonds is 9. The van der Waals surface area contributed by atoms with Crippen LogP contribution < -0.4 is 9.46 Å². The summed E-state index contributed by atoms with van der Waals surface area (Å²) in [5.74, 6) is -0.780. The number of nitrogens with zero attached hydrogens (tertiary/aromatic N) is 2. The summed E-state index contributed by atoms with van der Waals surface area (Å²) in [5, 5.41) is 0.756. The van der Waals surface area contributed by atoms with Crippen molar-refractivity contribution in [3.63, 3.8) is 0 Å². The van der Waals surface area contributed by atoms with Gasteiger partial charge in [-0.3, -0.25) is 9.59 Å². The Balaban J connectivity index is 1.56. The predicted octanol–water partition coefficient (Wildman–Crippen LogP) is 2.56. The lowest BCUT2D eigenvalue weighted by atomic mass is 10.3. The van der Waals surface area contributed by atoms with E-state index in [0.717, 1.165) is 15.2 Å². The van der Waals surface area contributed by atoms with Gasteiger partial charge in [-0.2, -0.15) is 4.72 Å². The van der Waals surface area contributed by atoms with Gasteiger partial charge in [0, 0.05) is 7.05 Å². The van der Waals surface area contributed by atoms with Crippen LogP contribution >= 0.6 is 11.3 Å². The maximum absolute atomic E-state index is 12.7. The predicted molar refractivity (Wildman–Crippen MR) is 124 cm³/mol. The van der Waals surface area contributed by atoms with Crippen LogP contribution in [-0.2, 0) is 30.9 Å². The highest BCUT2D eigenvalue weighted by Crippen LogP contribution is 2.22. The van der Waals surface area contributed by atoms with E-state index in [-0.39, 0.29) is 11.4 Å². The van der Waals surface area contributed by atoms with E-state index >= 15 is 0 Å². The normalized spacial score (nSPS) is 13.3. The lowest BCUT2D eigenvalue weighted by Gasteiger charge is -2.22. The molecule has 0 aliphatic carbocycles. The highest BCUT2D eigenvalue weighted by Gasteiger charge is 2.28. The summed E-state index contributed by atoms with van der Waals surface area (Å²) in [7, 11) is -0.901. The van der Waals surface area contributed by atoms with Crippen LogP contribution in [-0.4, -0.2) is 56.5 Å². The Labute approximate surface area is 196 Å². The number of amides is 1. The van der Waals surface area contributed by atoms with Crippen molar-refractivity contribution in [2.24, 2.45) is 0 Å². The van der Waals surface area contributed by atoms with Crippen molar-refractivity contribution < 1.29 is 27.5 Å². The lowest BCUT2D eigenvalue weighted by Crippen LogP contribution is -2.43. The van der Waals surface area contributed by atoms with Crippen LogP contribution in [0, 0.1) is 0 Å². The van der Waals surface area contributed by atoms with Gasteiger partial charge in [0.15, 0.2) is 6.10 Å². The van der Waals surface area contributed by atoms with Gasteiger partial charge in [-0.1, -0.05) is 12.1 Å². The van der Waals surface area contributed by atoms with Crippen LogP contribution in [0.3, 0.4) is 0 Å². The van der Waals surface area contributed by atoms with Crippen LogP contribution in [0.2, 0.25) is 0 Å². The first-order chi connectivity index (χ1) is 15.6. The summed E-state index contributed by atoms with van der Waals surface area (Å²) in [5.41, 5.74) is 0.857. The van der Waals surface area contributed by atoms with Crippen LogP contribution in [0.15, 0.2) is 53.4 Å². The summed E-state index contributed by atoms with van der Waals surface area (Å²) < 4.78 is 38.5. The van der Waals surface area contributed by atoms with E-state index in [9.17, 15) is 18.0 Å². The number of thiazole rings is 1. The largest absolute Gasteiger partial charge is 0.497 e. The first kappa shape index (κ1) is 24.6. The number of hydrogen-bond acceptors (Lipinski definition) is 8. The molecule has 0 fully saturated rings. The van der Waals surface area contributed by atoms with Gasteiger partial charge in [-0.05, 0) is 50.2 Å². The zero-order chi connectivity index (χ0) is 24.2. The van der Waals surface area contributed by atoms with E-state index in [1.165, 1.54) is 61.5 Å². The molecular weight excluding hydrogens is 466 g/mol. The molecule has 3 rings (SSSR count). The summed E-state index contributed by atoms with van der Waals surface area (Å²) in [4.78, 5) is 31.0. The molecule has 33 heavy (non-hydrogen) atoms. The first-order valence-corrected chi connectivity index (χ1v) is 12.4. The zero-order valence-electron chi connectivity index (χ0n) is 18.6. The Kier molecular flexibility index (Phi) is 7.67. The third-order valence-corrected chi connectivity index (χ3v) is 7.36. The van der Waals surface area contributed by atoms with Crippen molar-refractivity contribution in [2.75, 3.05) is 14.2 Å². The maximum atomic E-state index is 12.7. The Hall–Kier alpha value is -3.02. The minimum absolute atomic E-state index is 0.0253. The fraction of sp³-hybridized carbons (Fsp3) is 0.318. The summed E-state index contributed by atoms with van der Waals surface area (Å²) in [6, 6.07) is 12.2. The van der Waals surface area contributed by atoms with Crippen molar-refractivity contribution in [3.8, 4) is 5.75 Å². The summed E-state index contributed by atoms with van der Waals surface area (Å²) >= 11 is 1.48. The van der Waals surface area contributed by atoms with Crippen LogP contribution in [0.1, 0.15) is 18.9 Å². The van der Waals surface area contributed by atoms with Crippen molar-refractivity contribution in [1.29, 1.82) is 0 Å². The molecule has 1 amide bonds. The number of aromatic nitrogens is 1. The monoisotopic (exact) mass is 491 g/mol. The van der Waals surface area contributed by atoms with E-state index in [1.807, 2.05) is 24.3 Å². The van der Waals surface area contributed by atoms with Crippen LogP contribution in [0.25, 0.3) is 10.2 Å². The van der Waals surface area contributed by atoms with Gasteiger partial charge in [0.25, 0.3) is 5.91 Å².